The van der Waals surface area contributed by atoms with Crippen molar-refractivity contribution in [2.75, 3.05) is 0 Å². The van der Waals surface area contributed by atoms with Crippen LogP contribution in [0.15, 0.2) is 22.7 Å². The SMILES string of the molecule is O=C1c2cc(Br)ccc2CN1[C@H]1CCCC[C@@H]1O. The van der Waals surface area contributed by atoms with Gasteiger partial charge in [0, 0.05) is 16.6 Å². The predicted octanol–water partition coefficient (Wildman–Crippen LogP) is 2.71. The lowest BCUT2D eigenvalue weighted by Crippen LogP contribution is -2.45. The molecule has 1 aliphatic heterocycles. The molecule has 1 aromatic carbocycles. The summed E-state index contributed by atoms with van der Waals surface area (Å²) in [5, 5.41) is 10.1. The van der Waals surface area contributed by atoms with Gasteiger partial charge in [-0.15, -0.1) is 0 Å². The topological polar surface area (TPSA) is 40.5 Å². The van der Waals surface area contributed by atoms with Crippen LogP contribution in [-0.4, -0.2) is 28.1 Å². The van der Waals surface area contributed by atoms with E-state index in [1.807, 2.05) is 23.1 Å². The molecule has 4 heteroatoms. The first-order valence-electron chi connectivity index (χ1n) is 6.44. The molecule has 1 N–H and O–H groups in total. The summed E-state index contributed by atoms with van der Waals surface area (Å²) in [7, 11) is 0. The van der Waals surface area contributed by atoms with Crippen LogP contribution in [0.4, 0.5) is 0 Å². The lowest BCUT2D eigenvalue weighted by molar-refractivity contribution is 0.0191. The smallest absolute Gasteiger partial charge is 0.254 e. The Hall–Kier alpha value is -0.870. The van der Waals surface area contributed by atoms with Crippen molar-refractivity contribution < 1.29 is 9.90 Å². The number of hydrogen-bond acceptors (Lipinski definition) is 2. The molecule has 2 aliphatic rings. The molecule has 2 atom stereocenters. The summed E-state index contributed by atoms with van der Waals surface area (Å²) in [5.74, 6) is 0.0669. The number of halogens is 1. The first kappa shape index (κ1) is 12.2. The third-order valence-corrected chi connectivity index (χ3v) is 4.49. The number of carbonyl (C=O) groups is 1. The third kappa shape index (κ3) is 1.97. The zero-order valence-electron chi connectivity index (χ0n) is 10.1. The lowest BCUT2D eigenvalue weighted by atomic mass is 9.91. The summed E-state index contributed by atoms with van der Waals surface area (Å²) < 4.78 is 0.931. The van der Waals surface area contributed by atoms with Crippen LogP contribution in [-0.2, 0) is 6.54 Å². The standard InChI is InChI=1S/C14H16BrNO2/c15-10-6-5-9-8-16(14(18)11(9)7-10)12-3-1-2-4-13(12)17/h5-7,12-13,17H,1-4,8H2/t12-,13-/m0/s1. The van der Waals surface area contributed by atoms with E-state index in [2.05, 4.69) is 15.9 Å². The molecule has 18 heavy (non-hydrogen) atoms. The Kier molecular flexibility index (Phi) is 3.16. The minimum atomic E-state index is -0.361. The van der Waals surface area contributed by atoms with E-state index in [-0.39, 0.29) is 18.1 Å². The Balaban J connectivity index is 1.87. The van der Waals surface area contributed by atoms with E-state index < -0.39 is 0 Å². The largest absolute Gasteiger partial charge is 0.391 e. The second-order valence-corrected chi connectivity index (χ2v) is 6.07. The Morgan fingerprint density at radius 1 is 1.28 bits per heavy atom. The van der Waals surface area contributed by atoms with Crippen molar-refractivity contribution >= 4 is 21.8 Å². The average Bonchev–Trinajstić information content (AvgIpc) is 2.68. The van der Waals surface area contributed by atoms with Crippen LogP contribution < -0.4 is 0 Å². The number of fused-ring (bicyclic) bond motifs is 1. The van der Waals surface area contributed by atoms with Gasteiger partial charge in [0.05, 0.1) is 12.1 Å². The number of hydrogen-bond donors (Lipinski definition) is 1. The number of nitrogens with zero attached hydrogens (tertiary/aromatic N) is 1. The van der Waals surface area contributed by atoms with Gasteiger partial charge in [-0.2, -0.15) is 0 Å². The molecule has 1 saturated carbocycles. The molecule has 0 saturated heterocycles. The summed E-state index contributed by atoms with van der Waals surface area (Å²) in [5.41, 5.74) is 1.85. The second kappa shape index (κ2) is 4.67. The molecular formula is C14H16BrNO2. The average molecular weight is 310 g/mol. The fraction of sp³-hybridized carbons (Fsp3) is 0.500. The predicted molar refractivity (Wildman–Crippen MR) is 72.3 cm³/mol. The van der Waals surface area contributed by atoms with E-state index in [4.69, 9.17) is 0 Å². The van der Waals surface area contributed by atoms with Gasteiger partial charge in [-0.1, -0.05) is 34.8 Å². The van der Waals surface area contributed by atoms with Gasteiger partial charge in [-0.25, -0.2) is 0 Å². The highest BCUT2D eigenvalue weighted by Crippen LogP contribution is 2.32. The van der Waals surface area contributed by atoms with Crippen molar-refractivity contribution in [3.05, 3.63) is 33.8 Å². The fourth-order valence-electron chi connectivity index (χ4n) is 3.02. The maximum atomic E-state index is 12.4. The van der Waals surface area contributed by atoms with Crippen LogP contribution in [0.5, 0.6) is 0 Å². The summed E-state index contributed by atoms with van der Waals surface area (Å²) >= 11 is 3.40. The Morgan fingerprint density at radius 3 is 2.83 bits per heavy atom. The van der Waals surface area contributed by atoms with Gasteiger partial charge in [0.2, 0.25) is 0 Å². The molecule has 0 aromatic heterocycles. The van der Waals surface area contributed by atoms with Crippen molar-refractivity contribution in [2.24, 2.45) is 0 Å². The summed E-state index contributed by atoms with van der Waals surface area (Å²) in [6.07, 6.45) is 3.54. The molecule has 3 nitrogen and oxygen atoms in total. The van der Waals surface area contributed by atoms with Crippen molar-refractivity contribution in [3.8, 4) is 0 Å². The molecule has 1 amide bonds. The minimum absolute atomic E-state index is 0.00238. The monoisotopic (exact) mass is 309 g/mol. The van der Waals surface area contributed by atoms with Gasteiger partial charge in [0.1, 0.15) is 0 Å². The molecule has 1 fully saturated rings. The first-order chi connectivity index (χ1) is 8.66. The third-order valence-electron chi connectivity index (χ3n) is 4.00. The quantitative estimate of drug-likeness (QED) is 0.866. The number of aliphatic hydroxyl groups is 1. The number of rotatable bonds is 1. The van der Waals surface area contributed by atoms with Crippen LogP contribution >= 0.6 is 15.9 Å². The van der Waals surface area contributed by atoms with Crippen molar-refractivity contribution in [1.29, 1.82) is 0 Å². The highest BCUT2D eigenvalue weighted by Gasteiger charge is 2.37. The van der Waals surface area contributed by atoms with Crippen LogP contribution in [0.3, 0.4) is 0 Å². The number of benzene rings is 1. The number of aliphatic hydroxyl groups excluding tert-OH is 1. The Bertz CT molecular complexity index is 489. The van der Waals surface area contributed by atoms with E-state index in [1.165, 1.54) is 0 Å². The van der Waals surface area contributed by atoms with Crippen LogP contribution in [0, 0.1) is 0 Å². The summed E-state index contributed by atoms with van der Waals surface area (Å²) in [6.45, 7) is 0.642. The molecule has 1 aliphatic carbocycles. The Labute approximate surface area is 115 Å². The molecule has 3 rings (SSSR count). The molecule has 1 heterocycles. The van der Waals surface area contributed by atoms with Gasteiger partial charge in [-0.3, -0.25) is 4.79 Å². The lowest BCUT2D eigenvalue weighted by Gasteiger charge is -2.35. The normalized spacial score (nSPS) is 27.4. The van der Waals surface area contributed by atoms with Gasteiger partial charge in [0.15, 0.2) is 0 Å². The van der Waals surface area contributed by atoms with Crippen molar-refractivity contribution in [3.63, 3.8) is 0 Å². The van der Waals surface area contributed by atoms with E-state index in [0.717, 1.165) is 41.3 Å². The zero-order chi connectivity index (χ0) is 12.7. The molecule has 0 spiro atoms. The first-order valence-corrected chi connectivity index (χ1v) is 7.23. The molecule has 0 unspecified atom stereocenters. The van der Waals surface area contributed by atoms with Crippen molar-refractivity contribution in [2.45, 2.75) is 44.4 Å². The van der Waals surface area contributed by atoms with Crippen LogP contribution in [0.2, 0.25) is 0 Å². The van der Waals surface area contributed by atoms with Gasteiger partial charge in [0.25, 0.3) is 5.91 Å². The number of carbonyl (C=O) groups excluding carboxylic acids is 1. The summed E-state index contributed by atoms with van der Waals surface area (Å²) in [4.78, 5) is 14.2. The van der Waals surface area contributed by atoms with E-state index in [1.54, 1.807) is 0 Å². The highest BCUT2D eigenvalue weighted by atomic mass is 79.9. The number of amides is 1. The van der Waals surface area contributed by atoms with Gasteiger partial charge >= 0.3 is 0 Å². The van der Waals surface area contributed by atoms with E-state index in [0.29, 0.717) is 6.54 Å². The molecule has 0 radical (unpaired) electrons. The second-order valence-electron chi connectivity index (χ2n) is 5.15. The minimum Gasteiger partial charge on any atom is -0.391 e. The molecule has 96 valence electrons. The molecule has 0 bridgehead atoms. The van der Waals surface area contributed by atoms with Crippen molar-refractivity contribution in [1.82, 2.24) is 4.90 Å². The van der Waals surface area contributed by atoms with E-state index >= 15 is 0 Å². The zero-order valence-corrected chi connectivity index (χ0v) is 11.7. The maximum Gasteiger partial charge on any atom is 0.254 e. The molecular weight excluding hydrogens is 294 g/mol. The summed E-state index contributed by atoms with van der Waals surface area (Å²) in [6, 6.07) is 5.84. The fourth-order valence-corrected chi connectivity index (χ4v) is 3.38. The highest BCUT2D eigenvalue weighted by molar-refractivity contribution is 9.10. The molecule has 1 aromatic rings. The van der Waals surface area contributed by atoms with Crippen LogP contribution in [0.25, 0.3) is 0 Å². The van der Waals surface area contributed by atoms with Crippen LogP contribution in [0.1, 0.15) is 41.6 Å². The van der Waals surface area contributed by atoms with Gasteiger partial charge < -0.3 is 10.0 Å². The maximum absolute atomic E-state index is 12.4. The van der Waals surface area contributed by atoms with Gasteiger partial charge in [-0.05, 0) is 30.5 Å². The van der Waals surface area contributed by atoms with E-state index in [9.17, 15) is 9.90 Å². The Morgan fingerprint density at radius 2 is 2.06 bits per heavy atom.